The molecular formula is C22H40N3O6PS. The van der Waals surface area contributed by atoms with Crippen molar-refractivity contribution in [1.29, 1.82) is 0 Å². The Balaban J connectivity index is 1.89. The van der Waals surface area contributed by atoms with Gasteiger partial charge in [-0.2, -0.15) is 4.37 Å². The molecule has 9 nitrogen and oxygen atoms in total. The minimum atomic E-state index is -4.42. The van der Waals surface area contributed by atoms with E-state index in [0.29, 0.717) is 43.1 Å². The molecule has 0 aliphatic carbocycles. The third-order valence-corrected chi connectivity index (χ3v) is 7.33. The summed E-state index contributed by atoms with van der Waals surface area (Å²) in [5, 5.41) is 0. The third kappa shape index (κ3) is 9.72. The molecule has 11 heteroatoms. The van der Waals surface area contributed by atoms with Gasteiger partial charge < -0.3 is 18.9 Å². The first kappa shape index (κ1) is 28.4. The Morgan fingerprint density at radius 3 is 2.70 bits per heavy atom. The summed E-state index contributed by atoms with van der Waals surface area (Å²) >= 11 is 1.13. The van der Waals surface area contributed by atoms with Crippen LogP contribution in [0.25, 0.3) is 5.57 Å². The number of aromatic nitrogens is 2. The molecular weight excluding hydrogens is 465 g/mol. The topological polar surface area (TPSA) is 103 Å². The zero-order chi connectivity index (χ0) is 24.2. The van der Waals surface area contributed by atoms with E-state index in [1.807, 2.05) is 14.0 Å². The molecule has 1 aromatic heterocycles. The van der Waals surface area contributed by atoms with Crippen LogP contribution in [0, 0.1) is 0 Å². The molecule has 0 bridgehead atoms. The van der Waals surface area contributed by atoms with Crippen LogP contribution < -0.4 is 9.63 Å². The van der Waals surface area contributed by atoms with Gasteiger partial charge in [0, 0.05) is 32.1 Å². The van der Waals surface area contributed by atoms with Gasteiger partial charge in [-0.05, 0) is 19.3 Å². The van der Waals surface area contributed by atoms with Gasteiger partial charge in [-0.15, -0.1) is 4.37 Å². The number of hydrogen-bond donors (Lipinski definition) is 0. The van der Waals surface area contributed by atoms with Gasteiger partial charge in [0.25, 0.3) is 13.7 Å². The van der Waals surface area contributed by atoms with E-state index >= 15 is 0 Å². The monoisotopic (exact) mass is 505 g/mol. The maximum Gasteiger partial charge on any atom is 0.272 e. The first-order valence-electron chi connectivity index (χ1n) is 12.0. The minimum absolute atomic E-state index is 0.0511. The van der Waals surface area contributed by atoms with Gasteiger partial charge >= 0.3 is 0 Å². The molecule has 1 aliphatic rings. The summed E-state index contributed by atoms with van der Waals surface area (Å²) in [6.45, 7) is 9.10. The van der Waals surface area contributed by atoms with Crippen LogP contribution >= 0.6 is 19.6 Å². The zero-order valence-electron chi connectivity index (χ0n) is 20.5. The SMILES string of the molecule is CCCCCCOc1nsnc1C1=CCC[N+](C)([C@H](C)OP(=O)([O-])OCCCOCCC)C1. The van der Waals surface area contributed by atoms with Crippen LogP contribution in [0.15, 0.2) is 6.08 Å². The average molecular weight is 506 g/mol. The zero-order valence-corrected chi connectivity index (χ0v) is 22.2. The summed E-state index contributed by atoms with van der Waals surface area (Å²) in [5.41, 5.74) is 1.76. The van der Waals surface area contributed by atoms with Crippen LogP contribution in [0.1, 0.15) is 71.4 Å². The fourth-order valence-electron chi connectivity index (χ4n) is 3.63. The standard InChI is InChI=1S/C22H40N3O6PS/c1-5-7-8-9-16-29-22-21(23-33-24-22)20-12-10-13-25(4,18-20)19(3)31-32(26,27)30-17-11-15-28-14-6-2/h12,19H,5-11,13-18H2,1-4H3/t19-,25?/m0/s1. The van der Waals surface area contributed by atoms with Crippen molar-refractivity contribution >= 4 is 25.1 Å². The lowest BCUT2D eigenvalue weighted by molar-refractivity contribution is -0.944. The Morgan fingerprint density at radius 2 is 1.94 bits per heavy atom. The fraction of sp³-hybridized carbons (Fsp3) is 0.818. The largest absolute Gasteiger partial charge is 0.756 e. The average Bonchev–Trinajstić information content (AvgIpc) is 3.24. The van der Waals surface area contributed by atoms with Gasteiger partial charge in [0.2, 0.25) is 0 Å². The summed E-state index contributed by atoms with van der Waals surface area (Å²) < 4.78 is 43.2. The van der Waals surface area contributed by atoms with E-state index in [2.05, 4.69) is 21.7 Å². The lowest BCUT2D eigenvalue weighted by Gasteiger charge is -2.43. The van der Waals surface area contributed by atoms with Crippen molar-refractivity contribution in [1.82, 2.24) is 8.75 Å². The predicted octanol–water partition coefficient (Wildman–Crippen LogP) is 4.40. The minimum Gasteiger partial charge on any atom is -0.756 e. The Hall–Kier alpha value is -0.870. The number of phosphoric ester groups is 1. The molecule has 2 unspecified atom stereocenters. The second kappa shape index (κ2) is 14.5. The molecule has 0 amide bonds. The predicted molar refractivity (Wildman–Crippen MR) is 128 cm³/mol. The highest BCUT2D eigenvalue weighted by Crippen LogP contribution is 2.42. The second-order valence-electron chi connectivity index (χ2n) is 8.66. The smallest absolute Gasteiger partial charge is 0.272 e. The number of likely N-dealkylation sites (N-methyl/N-ethyl adjacent to an activating group) is 1. The van der Waals surface area contributed by atoms with Crippen molar-refractivity contribution in [3.63, 3.8) is 0 Å². The summed E-state index contributed by atoms with van der Waals surface area (Å²) in [6, 6.07) is 0. The molecule has 0 fully saturated rings. The Labute approximate surface area is 202 Å². The molecule has 0 spiro atoms. The first-order valence-corrected chi connectivity index (χ1v) is 14.2. The summed E-state index contributed by atoms with van der Waals surface area (Å²) in [5.74, 6) is 0.563. The van der Waals surface area contributed by atoms with Crippen LogP contribution in [-0.2, 0) is 18.3 Å². The van der Waals surface area contributed by atoms with E-state index in [9.17, 15) is 9.46 Å². The number of ether oxygens (including phenoxy) is 2. The van der Waals surface area contributed by atoms with Gasteiger partial charge in [0.1, 0.15) is 12.2 Å². The molecule has 3 atom stereocenters. The molecule has 33 heavy (non-hydrogen) atoms. The molecule has 1 aromatic rings. The van der Waals surface area contributed by atoms with Crippen LogP contribution in [-0.4, -0.2) is 66.0 Å². The van der Waals surface area contributed by atoms with Crippen molar-refractivity contribution in [2.24, 2.45) is 0 Å². The Morgan fingerprint density at radius 1 is 1.12 bits per heavy atom. The fourth-order valence-corrected chi connectivity index (χ4v) is 5.18. The molecule has 0 saturated carbocycles. The number of nitrogens with zero attached hydrogens (tertiary/aromatic N) is 3. The molecule has 0 N–H and O–H groups in total. The van der Waals surface area contributed by atoms with E-state index in [1.165, 1.54) is 12.8 Å². The molecule has 190 valence electrons. The van der Waals surface area contributed by atoms with E-state index in [4.69, 9.17) is 18.5 Å². The normalized spacial score (nSPS) is 21.4. The number of phosphoric acid groups is 1. The molecule has 0 saturated heterocycles. The summed E-state index contributed by atoms with van der Waals surface area (Å²) in [4.78, 5) is 12.3. The highest BCUT2D eigenvalue weighted by Gasteiger charge is 2.37. The van der Waals surface area contributed by atoms with Crippen molar-refractivity contribution in [3.8, 4) is 5.88 Å². The number of hydrogen-bond acceptors (Lipinski definition) is 9. The van der Waals surface area contributed by atoms with Gasteiger partial charge in [0.15, 0.2) is 6.23 Å². The van der Waals surface area contributed by atoms with Crippen LogP contribution in [0.3, 0.4) is 0 Å². The van der Waals surface area contributed by atoms with Gasteiger partial charge in [0.05, 0.1) is 38.5 Å². The number of rotatable bonds is 17. The van der Waals surface area contributed by atoms with Crippen molar-refractivity contribution in [3.05, 3.63) is 11.8 Å². The van der Waals surface area contributed by atoms with Gasteiger partial charge in [-0.3, -0.25) is 13.6 Å². The van der Waals surface area contributed by atoms with E-state index in [1.54, 1.807) is 6.92 Å². The maximum atomic E-state index is 12.3. The van der Waals surface area contributed by atoms with E-state index in [0.717, 1.165) is 55.2 Å². The van der Waals surface area contributed by atoms with Crippen LogP contribution in [0.5, 0.6) is 5.88 Å². The highest BCUT2D eigenvalue weighted by atomic mass is 32.1. The van der Waals surface area contributed by atoms with Gasteiger partial charge in [-0.25, -0.2) is 0 Å². The van der Waals surface area contributed by atoms with Crippen LogP contribution in [0.2, 0.25) is 0 Å². The lowest BCUT2D eigenvalue weighted by atomic mass is 10.0. The second-order valence-corrected chi connectivity index (χ2v) is 10.5. The van der Waals surface area contributed by atoms with E-state index in [-0.39, 0.29) is 6.61 Å². The van der Waals surface area contributed by atoms with Gasteiger partial charge in [-0.1, -0.05) is 39.2 Å². The molecule has 0 radical (unpaired) electrons. The molecule has 2 heterocycles. The highest BCUT2D eigenvalue weighted by molar-refractivity contribution is 7.45. The molecule has 0 aromatic carbocycles. The quantitative estimate of drug-likeness (QED) is 0.174. The van der Waals surface area contributed by atoms with Crippen molar-refractivity contribution in [2.45, 2.75) is 71.9 Å². The lowest BCUT2D eigenvalue weighted by Crippen LogP contribution is -2.54. The summed E-state index contributed by atoms with van der Waals surface area (Å²) in [6.07, 6.45) is 8.26. The molecule has 2 rings (SSSR count). The Bertz CT molecular complexity index is 777. The molecule has 1 aliphatic heterocycles. The first-order chi connectivity index (χ1) is 15.8. The Kier molecular flexibility index (Phi) is 12.5. The number of unbranched alkanes of at least 4 members (excludes halogenated alkanes) is 3. The van der Waals surface area contributed by atoms with E-state index < -0.39 is 14.1 Å². The number of quaternary nitrogens is 1. The summed E-state index contributed by atoms with van der Waals surface area (Å²) in [7, 11) is -2.43. The third-order valence-electron chi connectivity index (χ3n) is 5.75. The van der Waals surface area contributed by atoms with Crippen molar-refractivity contribution < 1.29 is 32.5 Å². The van der Waals surface area contributed by atoms with Crippen molar-refractivity contribution in [2.75, 3.05) is 46.6 Å². The van der Waals surface area contributed by atoms with Crippen LogP contribution in [0.4, 0.5) is 0 Å². The maximum absolute atomic E-state index is 12.3.